The smallest absolute Gasteiger partial charge is 0.222 e. The average molecular weight is 286 g/mol. The number of fused-ring (bicyclic) bond motifs is 1. The zero-order valence-electron chi connectivity index (χ0n) is 13.0. The second kappa shape index (κ2) is 6.61. The minimum absolute atomic E-state index is 0.360. The molecule has 1 fully saturated rings. The van der Waals surface area contributed by atoms with Gasteiger partial charge in [-0.25, -0.2) is 0 Å². The van der Waals surface area contributed by atoms with Crippen molar-refractivity contribution < 1.29 is 4.79 Å². The Kier molecular flexibility index (Phi) is 4.59. The van der Waals surface area contributed by atoms with Crippen LogP contribution in [0.15, 0.2) is 24.3 Å². The van der Waals surface area contributed by atoms with E-state index in [0.717, 1.165) is 45.2 Å². The SMILES string of the molecule is CNC1CCCN(C(=O)CC2CCc3ccccc3C2)C1. The standard InChI is InChI=1S/C18H26N2O/c1-19-17-7-4-10-20(13-17)18(21)12-14-8-9-15-5-2-3-6-16(15)11-14/h2-3,5-6,14,17,19H,4,7-13H2,1H3. The average Bonchev–Trinajstić information content (AvgIpc) is 2.54. The van der Waals surface area contributed by atoms with Crippen LogP contribution in [-0.2, 0) is 17.6 Å². The summed E-state index contributed by atoms with van der Waals surface area (Å²) in [5.74, 6) is 0.890. The van der Waals surface area contributed by atoms with Gasteiger partial charge in [-0.1, -0.05) is 24.3 Å². The molecule has 21 heavy (non-hydrogen) atoms. The van der Waals surface area contributed by atoms with E-state index in [4.69, 9.17) is 0 Å². The van der Waals surface area contributed by atoms with Gasteiger partial charge in [0.15, 0.2) is 0 Å². The lowest BCUT2D eigenvalue weighted by Crippen LogP contribution is -2.47. The highest BCUT2D eigenvalue weighted by Gasteiger charge is 2.26. The summed E-state index contributed by atoms with van der Waals surface area (Å²) in [6.07, 6.45) is 6.41. The Morgan fingerprint density at radius 1 is 1.29 bits per heavy atom. The lowest BCUT2D eigenvalue weighted by molar-refractivity contribution is -0.133. The number of hydrogen-bond acceptors (Lipinski definition) is 2. The first-order valence-electron chi connectivity index (χ1n) is 8.28. The van der Waals surface area contributed by atoms with E-state index in [1.807, 2.05) is 7.05 Å². The maximum absolute atomic E-state index is 12.5. The number of benzene rings is 1. The molecule has 3 rings (SSSR count). The van der Waals surface area contributed by atoms with Gasteiger partial charge in [-0.2, -0.15) is 0 Å². The van der Waals surface area contributed by atoms with Gasteiger partial charge in [-0.3, -0.25) is 4.79 Å². The summed E-state index contributed by atoms with van der Waals surface area (Å²) in [4.78, 5) is 14.6. The number of hydrogen-bond donors (Lipinski definition) is 1. The molecule has 0 saturated carbocycles. The Bertz CT molecular complexity index is 500. The fourth-order valence-corrected chi connectivity index (χ4v) is 3.76. The third kappa shape index (κ3) is 3.46. The Morgan fingerprint density at radius 3 is 2.90 bits per heavy atom. The van der Waals surface area contributed by atoms with E-state index in [1.54, 1.807) is 0 Å². The molecule has 3 heteroatoms. The number of likely N-dealkylation sites (tertiary alicyclic amines) is 1. The van der Waals surface area contributed by atoms with Gasteiger partial charge in [0.25, 0.3) is 0 Å². The minimum atomic E-state index is 0.360. The van der Waals surface area contributed by atoms with Crippen LogP contribution < -0.4 is 5.32 Å². The first-order chi connectivity index (χ1) is 10.3. The predicted octanol–water partition coefficient (Wildman–Crippen LogP) is 2.39. The third-order valence-electron chi connectivity index (χ3n) is 5.09. The largest absolute Gasteiger partial charge is 0.341 e. The number of amides is 1. The Hall–Kier alpha value is -1.35. The van der Waals surface area contributed by atoms with Gasteiger partial charge >= 0.3 is 0 Å². The highest BCUT2D eigenvalue weighted by atomic mass is 16.2. The van der Waals surface area contributed by atoms with E-state index in [2.05, 4.69) is 34.5 Å². The summed E-state index contributed by atoms with van der Waals surface area (Å²) in [5.41, 5.74) is 2.93. The molecular formula is C18H26N2O. The highest BCUT2D eigenvalue weighted by molar-refractivity contribution is 5.76. The molecule has 1 aromatic carbocycles. The summed E-state index contributed by atoms with van der Waals surface area (Å²) in [5, 5.41) is 3.31. The van der Waals surface area contributed by atoms with Crippen LogP contribution in [0.5, 0.6) is 0 Å². The van der Waals surface area contributed by atoms with Crippen LogP contribution in [0.25, 0.3) is 0 Å². The first-order valence-corrected chi connectivity index (χ1v) is 8.28. The number of carbonyl (C=O) groups is 1. The van der Waals surface area contributed by atoms with Gasteiger partial charge in [0.2, 0.25) is 5.91 Å². The topological polar surface area (TPSA) is 32.3 Å². The number of rotatable bonds is 3. The summed E-state index contributed by atoms with van der Waals surface area (Å²) in [7, 11) is 2.00. The molecule has 1 aromatic rings. The molecule has 1 N–H and O–H groups in total. The van der Waals surface area contributed by atoms with E-state index in [1.165, 1.54) is 17.5 Å². The second-order valence-corrected chi connectivity index (χ2v) is 6.55. The maximum Gasteiger partial charge on any atom is 0.222 e. The Labute approximate surface area is 127 Å². The molecule has 1 heterocycles. The minimum Gasteiger partial charge on any atom is -0.341 e. The summed E-state index contributed by atoms with van der Waals surface area (Å²) < 4.78 is 0. The van der Waals surface area contributed by atoms with Crippen LogP contribution in [0.3, 0.4) is 0 Å². The molecule has 0 radical (unpaired) electrons. The zero-order chi connectivity index (χ0) is 14.7. The molecule has 0 aromatic heterocycles. The van der Waals surface area contributed by atoms with Crippen LogP contribution in [0.1, 0.15) is 36.8 Å². The van der Waals surface area contributed by atoms with Crippen molar-refractivity contribution >= 4 is 5.91 Å². The molecule has 1 aliphatic heterocycles. The molecule has 3 nitrogen and oxygen atoms in total. The number of carbonyl (C=O) groups excluding carboxylic acids is 1. The molecule has 0 bridgehead atoms. The van der Waals surface area contributed by atoms with Crippen molar-refractivity contribution in [3.05, 3.63) is 35.4 Å². The highest BCUT2D eigenvalue weighted by Crippen LogP contribution is 2.28. The number of aryl methyl sites for hydroxylation is 1. The normalized spacial score (nSPS) is 25.5. The van der Waals surface area contributed by atoms with Gasteiger partial charge in [-0.05, 0) is 56.2 Å². The molecule has 1 aliphatic carbocycles. The van der Waals surface area contributed by atoms with E-state index >= 15 is 0 Å². The third-order valence-corrected chi connectivity index (χ3v) is 5.09. The molecule has 2 atom stereocenters. The van der Waals surface area contributed by atoms with E-state index in [0.29, 0.717) is 17.9 Å². The van der Waals surface area contributed by atoms with Crippen molar-refractivity contribution in [1.29, 1.82) is 0 Å². The molecule has 0 spiro atoms. The van der Waals surface area contributed by atoms with Gasteiger partial charge in [0.05, 0.1) is 0 Å². The van der Waals surface area contributed by atoms with Crippen LogP contribution >= 0.6 is 0 Å². The first kappa shape index (κ1) is 14.6. The quantitative estimate of drug-likeness (QED) is 0.925. The summed E-state index contributed by atoms with van der Waals surface area (Å²) >= 11 is 0. The van der Waals surface area contributed by atoms with E-state index < -0.39 is 0 Å². The van der Waals surface area contributed by atoms with Gasteiger partial charge in [0.1, 0.15) is 0 Å². The second-order valence-electron chi connectivity index (χ2n) is 6.55. The molecule has 114 valence electrons. The fourth-order valence-electron chi connectivity index (χ4n) is 3.76. The predicted molar refractivity (Wildman–Crippen MR) is 85.2 cm³/mol. The van der Waals surface area contributed by atoms with Crippen LogP contribution in [-0.4, -0.2) is 37.0 Å². The lowest BCUT2D eigenvalue weighted by atomic mass is 9.82. The number of piperidine rings is 1. The Morgan fingerprint density at radius 2 is 2.10 bits per heavy atom. The molecule has 2 aliphatic rings. The van der Waals surface area contributed by atoms with Crippen LogP contribution in [0.2, 0.25) is 0 Å². The maximum atomic E-state index is 12.5. The van der Waals surface area contributed by atoms with Crippen molar-refractivity contribution in [2.45, 2.75) is 44.6 Å². The molecule has 2 unspecified atom stereocenters. The monoisotopic (exact) mass is 286 g/mol. The lowest BCUT2D eigenvalue weighted by Gasteiger charge is -2.34. The van der Waals surface area contributed by atoms with Crippen molar-refractivity contribution in [3.63, 3.8) is 0 Å². The van der Waals surface area contributed by atoms with Gasteiger partial charge in [-0.15, -0.1) is 0 Å². The molecular weight excluding hydrogens is 260 g/mol. The van der Waals surface area contributed by atoms with Crippen molar-refractivity contribution in [2.24, 2.45) is 5.92 Å². The Balaban J connectivity index is 1.56. The molecule has 1 saturated heterocycles. The van der Waals surface area contributed by atoms with E-state index in [-0.39, 0.29) is 0 Å². The van der Waals surface area contributed by atoms with Crippen LogP contribution in [0, 0.1) is 5.92 Å². The number of likely N-dealkylation sites (N-methyl/N-ethyl adjacent to an activating group) is 1. The summed E-state index contributed by atoms with van der Waals surface area (Å²) in [6.45, 7) is 1.83. The number of nitrogens with one attached hydrogen (secondary N) is 1. The van der Waals surface area contributed by atoms with Gasteiger partial charge < -0.3 is 10.2 Å². The fraction of sp³-hybridized carbons (Fsp3) is 0.611. The zero-order valence-corrected chi connectivity index (χ0v) is 13.0. The summed E-state index contributed by atoms with van der Waals surface area (Å²) in [6, 6.07) is 9.18. The number of nitrogens with zero attached hydrogens (tertiary/aromatic N) is 1. The van der Waals surface area contributed by atoms with Gasteiger partial charge in [0, 0.05) is 25.6 Å². The molecule has 1 amide bonds. The van der Waals surface area contributed by atoms with Crippen LogP contribution in [0.4, 0.5) is 0 Å². The van der Waals surface area contributed by atoms with Crippen molar-refractivity contribution in [3.8, 4) is 0 Å². The van der Waals surface area contributed by atoms with E-state index in [9.17, 15) is 4.79 Å². The van der Waals surface area contributed by atoms with Crippen molar-refractivity contribution in [1.82, 2.24) is 10.2 Å². The van der Waals surface area contributed by atoms with Crippen molar-refractivity contribution in [2.75, 3.05) is 20.1 Å².